The van der Waals surface area contributed by atoms with E-state index in [1.54, 1.807) is 6.07 Å². The first-order valence-electron chi connectivity index (χ1n) is 9.77. The lowest BCUT2D eigenvalue weighted by atomic mass is 9.64. The van der Waals surface area contributed by atoms with Gasteiger partial charge in [0.25, 0.3) is 0 Å². The molecule has 5 heteroatoms. The van der Waals surface area contributed by atoms with E-state index in [-0.39, 0.29) is 22.4 Å². The lowest BCUT2D eigenvalue weighted by Gasteiger charge is -2.46. The summed E-state index contributed by atoms with van der Waals surface area (Å²) in [6, 6.07) is 7.39. The molecular formula is C23H26ClNO3. The molecule has 1 heterocycles. The van der Waals surface area contributed by atoms with Crippen LogP contribution < -0.4 is 0 Å². The Morgan fingerprint density at radius 1 is 0.893 bits per heavy atom. The Kier molecular flexibility index (Phi) is 4.36. The van der Waals surface area contributed by atoms with Crippen LogP contribution in [-0.2, 0) is 9.59 Å². The molecule has 1 aromatic carbocycles. The lowest BCUT2D eigenvalue weighted by molar-refractivity contribution is -0.123. The minimum Gasteiger partial charge on any atom is -0.294 e. The Hall–Kier alpha value is -1.91. The minimum atomic E-state index is -0.505. The number of hydrogen-bond donors (Lipinski definition) is 1. The molecule has 4 rings (SSSR count). The van der Waals surface area contributed by atoms with E-state index in [1.807, 2.05) is 45.9 Å². The van der Waals surface area contributed by atoms with Crippen molar-refractivity contribution in [2.75, 3.05) is 0 Å². The quantitative estimate of drug-likeness (QED) is 0.685. The molecule has 2 aliphatic carbocycles. The third kappa shape index (κ3) is 3.03. The summed E-state index contributed by atoms with van der Waals surface area (Å²) in [6.45, 7) is 8.14. The number of Topliss-reactive ketones (excluding diaryl/α,β-unsaturated/α-hetero) is 2. The van der Waals surface area contributed by atoms with Gasteiger partial charge in [-0.05, 0) is 35.3 Å². The van der Waals surface area contributed by atoms with Crippen LogP contribution in [0.1, 0.15) is 64.9 Å². The van der Waals surface area contributed by atoms with E-state index >= 15 is 0 Å². The largest absolute Gasteiger partial charge is 0.294 e. The van der Waals surface area contributed by atoms with Gasteiger partial charge in [-0.2, -0.15) is 0 Å². The van der Waals surface area contributed by atoms with Crippen molar-refractivity contribution < 1.29 is 14.8 Å². The van der Waals surface area contributed by atoms with Crippen LogP contribution in [0.4, 0.5) is 0 Å². The van der Waals surface area contributed by atoms with Gasteiger partial charge in [0.2, 0.25) is 0 Å². The van der Waals surface area contributed by atoms with Gasteiger partial charge in [-0.3, -0.25) is 14.8 Å². The van der Waals surface area contributed by atoms with Gasteiger partial charge in [-0.1, -0.05) is 57.5 Å². The zero-order chi connectivity index (χ0) is 20.4. The number of halogens is 1. The molecule has 1 N–H and O–H groups in total. The monoisotopic (exact) mass is 399 g/mol. The molecule has 0 radical (unpaired) electrons. The molecule has 3 aliphatic rings. The average molecular weight is 400 g/mol. The van der Waals surface area contributed by atoms with E-state index in [0.29, 0.717) is 53.2 Å². The minimum absolute atomic E-state index is 0.0144. The molecule has 0 amide bonds. The first-order chi connectivity index (χ1) is 13.0. The summed E-state index contributed by atoms with van der Waals surface area (Å²) in [7, 11) is 0. The third-order valence-corrected chi connectivity index (χ3v) is 6.44. The van der Waals surface area contributed by atoms with Gasteiger partial charge < -0.3 is 0 Å². The smallest absolute Gasteiger partial charge is 0.162 e. The first kappa shape index (κ1) is 19.4. The number of hydroxylamine groups is 2. The molecule has 0 atom stereocenters. The highest BCUT2D eigenvalue weighted by Crippen LogP contribution is 2.54. The zero-order valence-corrected chi connectivity index (χ0v) is 17.6. The molecule has 0 fully saturated rings. The Labute approximate surface area is 170 Å². The molecule has 1 aromatic rings. The summed E-state index contributed by atoms with van der Waals surface area (Å²) in [5.41, 5.74) is 2.58. The average Bonchev–Trinajstić information content (AvgIpc) is 2.56. The van der Waals surface area contributed by atoms with Gasteiger partial charge in [-0.15, -0.1) is 0 Å². The number of nitrogens with zero attached hydrogens (tertiary/aromatic N) is 1. The van der Waals surface area contributed by atoms with Crippen molar-refractivity contribution in [1.29, 1.82) is 0 Å². The summed E-state index contributed by atoms with van der Waals surface area (Å²) >= 11 is 6.52. The van der Waals surface area contributed by atoms with E-state index in [0.717, 1.165) is 10.6 Å². The van der Waals surface area contributed by atoms with E-state index in [4.69, 9.17) is 11.6 Å². The van der Waals surface area contributed by atoms with Gasteiger partial charge in [-0.25, -0.2) is 5.06 Å². The molecule has 28 heavy (non-hydrogen) atoms. The second kappa shape index (κ2) is 6.30. The summed E-state index contributed by atoms with van der Waals surface area (Å²) in [4.78, 5) is 26.4. The predicted octanol–water partition coefficient (Wildman–Crippen LogP) is 5.41. The van der Waals surface area contributed by atoms with Crippen LogP contribution in [-0.4, -0.2) is 21.8 Å². The Bertz CT molecular complexity index is 900. The highest BCUT2D eigenvalue weighted by molar-refractivity contribution is 6.31. The predicted molar refractivity (Wildman–Crippen MR) is 108 cm³/mol. The van der Waals surface area contributed by atoms with Gasteiger partial charge in [0.05, 0.1) is 11.4 Å². The number of carbonyl (C=O) groups excluding carboxylic acids is 2. The maximum atomic E-state index is 13.2. The molecule has 0 unspecified atom stereocenters. The molecule has 0 aromatic heterocycles. The van der Waals surface area contributed by atoms with Crippen LogP contribution in [0, 0.1) is 10.8 Å². The fraction of sp³-hybridized carbons (Fsp3) is 0.478. The second-order valence-corrected chi connectivity index (χ2v) is 10.3. The summed E-state index contributed by atoms with van der Waals surface area (Å²) in [6.07, 6.45) is 1.94. The third-order valence-electron chi connectivity index (χ3n) is 6.10. The Balaban J connectivity index is 1.99. The zero-order valence-electron chi connectivity index (χ0n) is 16.8. The van der Waals surface area contributed by atoms with Gasteiger partial charge in [0.15, 0.2) is 11.6 Å². The highest BCUT2D eigenvalue weighted by atomic mass is 35.5. The summed E-state index contributed by atoms with van der Waals surface area (Å²) in [5, 5.41) is 12.8. The SMILES string of the molecule is CC1(C)CC(=O)C2=C(C1)N(O)C1=C(C(=O)CC(C)(C)C1)C2c1ccccc1Cl. The molecule has 148 valence electrons. The first-order valence-corrected chi connectivity index (χ1v) is 10.1. The fourth-order valence-electron chi connectivity index (χ4n) is 4.96. The normalized spacial score (nSPS) is 24.4. The number of benzene rings is 1. The van der Waals surface area contributed by atoms with E-state index in [9.17, 15) is 14.8 Å². The number of hydrogen-bond acceptors (Lipinski definition) is 4. The van der Waals surface area contributed by atoms with Crippen LogP contribution >= 0.6 is 11.6 Å². The molecule has 4 nitrogen and oxygen atoms in total. The number of ketones is 2. The Morgan fingerprint density at radius 2 is 1.36 bits per heavy atom. The standard InChI is InChI=1S/C23H26ClNO3/c1-22(2)9-15-20(17(26)11-22)19(13-7-5-6-8-14(13)24)21-16(25(15)28)10-23(3,4)12-18(21)27/h5-8,19,28H,9-12H2,1-4H3. The van der Waals surface area contributed by atoms with Crippen LogP contribution in [0.15, 0.2) is 46.8 Å². The van der Waals surface area contributed by atoms with Crippen LogP contribution in [0.25, 0.3) is 0 Å². The molecule has 0 saturated carbocycles. The van der Waals surface area contributed by atoms with E-state index < -0.39 is 5.92 Å². The summed E-state index contributed by atoms with van der Waals surface area (Å²) in [5.74, 6) is -0.534. The van der Waals surface area contributed by atoms with Gasteiger partial charge in [0, 0.05) is 34.9 Å². The van der Waals surface area contributed by atoms with Crippen molar-refractivity contribution in [1.82, 2.24) is 5.06 Å². The maximum absolute atomic E-state index is 13.2. The number of rotatable bonds is 1. The van der Waals surface area contributed by atoms with Crippen molar-refractivity contribution in [3.8, 4) is 0 Å². The fourth-order valence-corrected chi connectivity index (χ4v) is 5.21. The Morgan fingerprint density at radius 3 is 1.82 bits per heavy atom. The van der Waals surface area contributed by atoms with Crippen LogP contribution in [0.2, 0.25) is 5.02 Å². The van der Waals surface area contributed by atoms with Crippen molar-refractivity contribution in [2.45, 2.75) is 59.3 Å². The lowest BCUT2D eigenvalue weighted by Crippen LogP contribution is -2.43. The van der Waals surface area contributed by atoms with Gasteiger partial charge >= 0.3 is 0 Å². The molecule has 0 bridgehead atoms. The van der Waals surface area contributed by atoms with Gasteiger partial charge in [0.1, 0.15) is 0 Å². The van der Waals surface area contributed by atoms with Crippen molar-refractivity contribution in [3.05, 3.63) is 57.4 Å². The van der Waals surface area contributed by atoms with Crippen molar-refractivity contribution >= 4 is 23.2 Å². The second-order valence-electron chi connectivity index (χ2n) is 9.87. The van der Waals surface area contributed by atoms with Crippen molar-refractivity contribution in [3.63, 3.8) is 0 Å². The summed E-state index contributed by atoms with van der Waals surface area (Å²) < 4.78 is 0. The molecule has 0 saturated heterocycles. The molecular weight excluding hydrogens is 374 g/mol. The van der Waals surface area contributed by atoms with Crippen molar-refractivity contribution in [2.24, 2.45) is 10.8 Å². The van der Waals surface area contributed by atoms with Crippen LogP contribution in [0.5, 0.6) is 0 Å². The topological polar surface area (TPSA) is 57.6 Å². The number of carbonyl (C=O) groups is 2. The maximum Gasteiger partial charge on any atom is 0.162 e. The van der Waals surface area contributed by atoms with E-state index in [1.165, 1.54) is 0 Å². The van der Waals surface area contributed by atoms with Crippen LogP contribution in [0.3, 0.4) is 0 Å². The van der Waals surface area contributed by atoms with E-state index in [2.05, 4.69) is 0 Å². The highest BCUT2D eigenvalue weighted by Gasteiger charge is 2.49. The number of allylic oxidation sites excluding steroid dienone is 4. The molecule has 1 aliphatic heterocycles. The molecule has 0 spiro atoms.